The Morgan fingerprint density at radius 1 is 1.57 bits per heavy atom. The van der Waals surface area contributed by atoms with E-state index in [9.17, 15) is 4.79 Å². The highest BCUT2D eigenvalue weighted by Crippen LogP contribution is 2.50. The molecule has 1 aromatic rings. The summed E-state index contributed by atoms with van der Waals surface area (Å²) in [4.78, 5) is 13.9. The molecule has 2 rings (SSSR count). The highest BCUT2D eigenvalue weighted by atomic mass is 32.1. The Balaban J connectivity index is 2.06. The molecule has 1 saturated carbocycles. The summed E-state index contributed by atoms with van der Waals surface area (Å²) in [5, 5.41) is 5.15. The van der Waals surface area contributed by atoms with Crippen molar-refractivity contribution in [2.75, 3.05) is 6.61 Å². The van der Waals surface area contributed by atoms with Crippen LogP contribution in [0.2, 0.25) is 0 Å². The van der Waals surface area contributed by atoms with Gasteiger partial charge in [-0.05, 0) is 24.8 Å². The quantitative estimate of drug-likeness (QED) is 0.849. The lowest BCUT2D eigenvalue weighted by atomic mass is 9.54. The Bertz CT molecular complexity index is 486. The first kappa shape index (κ1) is 16.5. The molecule has 1 heterocycles. The van der Waals surface area contributed by atoms with Gasteiger partial charge >= 0.3 is 0 Å². The van der Waals surface area contributed by atoms with Crippen molar-refractivity contribution in [2.45, 2.75) is 58.2 Å². The van der Waals surface area contributed by atoms with Gasteiger partial charge < -0.3 is 15.8 Å². The Hall–Kier alpha value is -0.910. The van der Waals surface area contributed by atoms with Gasteiger partial charge in [0.2, 0.25) is 5.91 Å². The van der Waals surface area contributed by atoms with Crippen LogP contribution >= 0.6 is 11.3 Å². The van der Waals surface area contributed by atoms with Crippen molar-refractivity contribution < 1.29 is 9.53 Å². The smallest absolute Gasteiger partial charge is 0.241 e. The monoisotopic (exact) mass is 310 g/mol. The first-order valence-corrected chi connectivity index (χ1v) is 8.49. The van der Waals surface area contributed by atoms with E-state index in [4.69, 9.17) is 10.5 Å². The van der Waals surface area contributed by atoms with Crippen LogP contribution in [0.25, 0.3) is 0 Å². The molecule has 0 saturated heterocycles. The van der Waals surface area contributed by atoms with Crippen LogP contribution in [-0.4, -0.2) is 24.2 Å². The Morgan fingerprint density at radius 2 is 2.29 bits per heavy atom. The second-order valence-electron chi connectivity index (χ2n) is 6.29. The molecule has 1 aromatic heterocycles. The number of ether oxygens (including phenoxy) is 1. The number of carbonyl (C=O) groups excluding carboxylic acids is 1. The summed E-state index contributed by atoms with van der Waals surface area (Å²) in [7, 11) is 0. The van der Waals surface area contributed by atoms with E-state index in [1.807, 2.05) is 32.2 Å². The number of carbonyl (C=O) groups is 1. The van der Waals surface area contributed by atoms with Crippen molar-refractivity contribution >= 4 is 17.2 Å². The number of nitrogens with one attached hydrogen (secondary N) is 1. The summed E-state index contributed by atoms with van der Waals surface area (Å²) in [6.07, 6.45) is 1.50. The predicted octanol–water partition coefficient (Wildman–Crippen LogP) is 2.85. The molecule has 3 unspecified atom stereocenters. The maximum atomic E-state index is 12.7. The molecule has 118 valence electrons. The van der Waals surface area contributed by atoms with Crippen LogP contribution in [0, 0.1) is 5.41 Å². The predicted molar refractivity (Wildman–Crippen MR) is 86.2 cm³/mol. The molecule has 4 nitrogen and oxygen atoms in total. The number of thiophene rings is 1. The van der Waals surface area contributed by atoms with Crippen LogP contribution < -0.4 is 11.1 Å². The van der Waals surface area contributed by atoms with Crippen LogP contribution in [-0.2, 0) is 9.53 Å². The summed E-state index contributed by atoms with van der Waals surface area (Å²) >= 11 is 1.66. The average Bonchev–Trinajstić information content (AvgIpc) is 2.97. The standard InChI is InChI=1S/C16H26N2O2S/c1-5-11(12-8-7-9-21-12)18-14(19)16(17)10-13(20-6-2)15(16,3)4/h7-9,11,13H,5-6,10,17H2,1-4H3,(H,18,19). The molecule has 0 radical (unpaired) electrons. The van der Waals surface area contributed by atoms with E-state index in [0.29, 0.717) is 13.0 Å². The maximum Gasteiger partial charge on any atom is 0.241 e. The second kappa shape index (κ2) is 6.07. The van der Waals surface area contributed by atoms with Crippen molar-refractivity contribution in [2.24, 2.45) is 11.1 Å². The second-order valence-corrected chi connectivity index (χ2v) is 7.27. The summed E-state index contributed by atoms with van der Waals surface area (Å²) in [5.74, 6) is -0.0660. The first-order valence-electron chi connectivity index (χ1n) is 7.61. The molecule has 1 aliphatic carbocycles. The number of hydrogen-bond acceptors (Lipinski definition) is 4. The van der Waals surface area contributed by atoms with E-state index in [0.717, 1.165) is 6.42 Å². The fourth-order valence-corrected chi connectivity index (χ4v) is 3.83. The third kappa shape index (κ3) is 2.74. The summed E-state index contributed by atoms with van der Waals surface area (Å²) < 4.78 is 5.68. The molecule has 21 heavy (non-hydrogen) atoms. The zero-order chi connectivity index (χ0) is 15.7. The third-order valence-corrected chi connectivity index (χ3v) is 5.82. The van der Waals surface area contributed by atoms with E-state index in [2.05, 4.69) is 18.3 Å². The topological polar surface area (TPSA) is 64.3 Å². The zero-order valence-corrected chi connectivity index (χ0v) is 14.1. The van der Waals surface area contributed by atoms with Gasteiger partial charge in [-0.1, -0.05) is 26.8 Å². The van der Waals surface area contributed by atoms with Gasteiger partial charge in [0, 0.05) is 23.3 Å². The molecule has 3 atom stereocenters. The molecule has 1 amide bonds. The zero-order valence-electron chi connectivity index (χ0n) is 13.3. The third-order valence-electron chi connectivity index (χ3n) is 4.84. The number of rotatable bonds is 6. The molecular weight excluding hydrogens is 284 g/mol. The van der Waals surface area contributed by atoms with Gasteiger partial charge in [0.1, 0.15) is 5.54 Å². The van der Waals surface area contributed by atoms with Crippen molar-refractivity contribution in [1.29, 1.82) is 0 Å². The van der Waals surface area contributed by atoms with Gasteiger partial charge in [-0.25, -0.2) is 0 Å². The lowest BCUT2D eigenvalue weighted by molar-refractivity contribution is -0.171. The number of nitrogens with two attached hydrogens (primary N) is 1. The van der Waals surface area contributed by atoms with Crippen molar-refractivity contribution in [3.63, 3.8) is 0 Å². The van der Waals surface area contributed by atoms with Crippen LogP contribution in [0.3, 0.4) is 0 Å². The molecule has 5 heteroatoms. The highest BCUT2D eigenvalue weighted by molar-refractivity contribution is 7.10. The number of hydrogen-bond donors (Lipinski definition) is 2. The first-order chi connectivity index (χ1) is 9.86. The maximum absolute atomic E-state index is 12.7. The van der Waals surface area contributed by atoms with Gasteiger partial charge in [-0.3, -0.25) is 4.79 Å². The fraction of sp³-hybridized carbons (Fsp3) is 0.688. The lowest BCUT2D eigenvalue weighted by Gasteiger charge is -2.57. The summed E-state index contributed by atoms with van der Waals surface area (Å²) in [6, 6.07) is 4.10. The van der Waals surface area contributed by atoms with Crippen molar-refractivity contribution in [3.05, 3.63) is 22.4 Å². The Labute approximate surface area is 131 Å². The van der Waals surface area contributed by atoms with Gasteiger partial charge in [0.15, 0.2) is 0 Å². The van der Waals surface area contributed by atoms with Crippen molar-refractivity contribution in [3.8, 4) is 0 Å². The van der Waals surface area contributed by atoms with E-state index in [1.54, 1.807) is 11.3 Å². The molecule has 0 spiro atoms. The molecule has 0 aliphatic heterocycles. The molecule has 0 aromatic carbocycles. The van der Waals surface area contributed by atoms with E-state index >= 15 is 0 Å². The average molecular weight is 310 g/mol. The molecular formula is C16H26N2O2S. The SMILES string of the molecule is CCOC1CC(N)(C(=O)NC(CC)c2cccs2)C1(C)C. The normalized spacial score (nSPS) is 28.7. The van der Waals surface area contributed by atoms with Gasteiger partial charge in [0.25, 0.3) is 0 Å². The van der Waals surface area contributed by atoms with Crippen LogP contribution in [0.15, 0.2) is 17.5 Å². The van der Waals surface area contributed by atoms with Crippen LogP contribution in [0.4, 0.5) is 0 Å². The molecule has 1 fully saturated rings. The number of amides is 1. The fourth-order valence-electron chi connectivity index (χ4n) is 2.97. The van der Waals surface area contributed by atoms with Crippen molar-refractivity contribution in [1.82, 2.24) is 5.32 Å². The van der Waals surface area contributed by atoms with Gasteiger partial charge in [0.05, 0.1) is 12.1 Å². The minimum Gasteiger partial charge on any atom is -0.378 e. The van der Waals surface area contributed by atoms with Crippen LogP contribution in [0.1, 0.15) is 51.5 Å². The van der Waals surface area contributed by atoms with E-state index in [1.165, 1.54) is 4.88 Å². The molecule has 1 aliphatic rings. The Kier molecular flexibility index (Phi) is 4.76. The van der Waals surface area contributed by atoms with Gasteiger partial charge in [-0.15, -0.1) is 11.3 Å². The summed E-state index contributed by atoms with van der Waals surface area (Å²) in [6.45, 7) is 8.73. The molecule has 3 N–H and O–H groups in total. The van der Waals surface area contributed by atoms with E-state index < -0.39 is 5.54 Å². The van der Waals surface area contributed by atoms with Crippen LogP contribution in [0.5, 0.6) is 0 Å². The van der Waals surface area contributed by atoms with Gasteiger partial charge in [-0.2, -0.15) is 0 Å². The summed E-state index contributed by atoms with van der Waals surface area (Å²) in [5.41, 5.74) is 5.22. The largest absolute Gasteiger partial charge is 0.378 e. The lowest BCUT2D eigenvalue weighted by Crippen LogP contribution is -2.75. The Morgan fingerprint density at radius 3 is 2.76 bits per heavy atom. The highest BCUT2D eigenvalue weighted by Gasteiger charge is 2.63. The minimum absolute atomic E-state index is 0.0415. The minimum atomic E-state index is -0.850. The van der Waals surface area contributed by atoms with E-state index in [-0.39, 0.29) is 23.5 Å². The molecule has 0 bridgehead atoms.